The summed E-state index contributed by atoms with van der Waals surface area (Å²) in [5.41, 5.74) is 0. The molecule has 0 unspecified atom stereocenters. The Morgan fingerprint density at radius 3 is 2.17 bits per heavy atom. The van der Waals surface area contributed by atoms with Gasteiger partial charge in [-0.25, -0.2) is 0 Å². The molecule has 4 nitrogen and oxygen atoms in total. The summed E-state index contributed by atoms with van der Waals surface area (Å²) >= 11 is 5.15. The molecular weight excluding hydrogens is 184 g/mol. The maximum absolute atomic E-state index is 10.8. The van der Waals surface area contributed by atoms with E-state index in [0.29, 0.717) is 0 Å². The molecule has 0 fully saturated rings. The Kier molecular flexibility index (Phi) is 5.28. The number of ketones is 2. The lowest BCUT2D eigenvalue weighted by atomic mass is 10.2. The van der Waals surface area contributed by atoms with E-state index in [1.165, 1.54) is 7.11 Å². The summed E-state index contributed by atoms with van der Waals surface area (Å²) in [6, 6.07) is 0. The van der Waals surface area contributed by atoms with Crippen LogP contribution in [-0.2, 0) is 19.1 Å². The second-order valence-electron chi connectivity index (χ2n) is 2.14. The summed E-state index contributed by atoms with van der Waals surface area (Å²) in [5, 5.41) is 0. The molecular formula is C7H9ClO4. The number of methoxy groups -OCH3 is 1. The van der Waals surface area contributed by atoms with Crippen LogP contribution in [0, 0.1) is 0 Å². The molecule has 0 amide bonds. The lowest BCUT2D eigenvalue weighted by Crippen LogP contribution is -2.13. The normalized spacial score (nSPS) is 9.17. The number of hydrogen-bond donors (Lipinski definition) is 0. The van der Waals surface area contributed by atoms with E-state index in [9.17, 15) is 14.4 Å². The Labute approximate surface area is 74.8 Å². The van der Waals surface area contributed by atoms with E-state index in [4.69, 9.17) is 11.6 Å². The molecule has 0 bridgehead atoms. The van der Waals surface area contributed by atoms with Gasteiger partial charge in [0.15, 0.2) is 11.6 Å². The molecule has 0 aromatic rings. The van der Waals surface area contributed by atoms with Crippen LogP contribution in [0.1, 0.15) is 12.8 Å². The van der Waals surface area contributed by atoms with Gasteiger partial charge in [0.1, 0.15) is 6.42 Å². The van der Waals surface area contributed by atoms with E-state index < -0.39 is 11.8 Å². The fourth-order valence-corrected chi connectivity index (χ4v) is 0.657. The molecule has 68 valence electrons. The summed E-state index contributed by atoms with van der Waals surface area (Å²) in [4.78, 5) is 31.9. The van der Waals surface area contributed by atoms with E-state index in [1.807, 2.05) is 0 Å². The van der Waals surface area contributed by atoms with Gasteiger partial charge in [-0.2, -0.15) is 0 Å². The molecule has 0 radical (unpaired) electrons. The standard InChI is InChI=1S/C7H9ClO4/c1-12-7(11)3-5(9)2-6(10)4-8/h2-4H2,1H3. The van der Waals surface area contributed by atoms with Crippen molar-refractivity contribution in [2.45, 2.75) is 12.8 Å². The largest absolute Gasteiger partial charge is 0.469 e. The van der Waals surface area contributed by atoms with Crippen molar-refractivity contribution >= 4 is 29.1 Å². The Morgan fingerprint density at radius 2 is 1.75 bits per heavy atom. The molecule has 0 atom stereocenters. The van der Waals surface area contributed by atoms with Gasteiger partial charge in [0, 0.05) is 0 Å². The molecule has 0 aromatic carbocycles. The fourth-order valence-electron chi connectivity index (χ4n) is 0.563. The van der Waals surface area contributed by atoms with E-state index in [1.54, 1.807) is 0 Å². The zero-order valence-corrected chi connectivity index (χ0v) is 7.39. The third-order valence-electron chi connectivity index (χ3n) is 1.11. The molecule has 0 spiro atoms. The van der Waals surface area contributed by atoms with Crippen molar-refractivity contribution in [1.82, 2.24) is 0 Å². The maximum atomic E-state index is 10.8. The second-order valence-corrected chi connectivity index (χ2v) is 2.41. The fraction of sp³-hybridized carbons (Fsp3) is 0.571. The van der Waals surface area contributed by atoms with Crippen molar-refractivity contribution in [3.05, 3.63) is 0 Å². The average Bonchev–Trinajstić information content (AvgIpc) is 2.03. The van der Waals surface area contributed by atoms with Crippen LogP contribution in [0.5, 0.6) is 0 Å². The zero-order chi connectivity index (χ0) is 9.56. The SMILES string of the molecule is COC(=O)CC(=O)CC(=O)CCl. The number of rotatable bonds is 5. The summed E-state index contributed by atoms with van der Waals surface area (Å²) in [6.07, 6.45) is -0.655. The number of carbonyl (C=O) groups excluding carboxylic acids is 3. The van der Waals surface area contributed by atoms with Crippen LogP contribution in [-0.4, -0.2) is 30.5 Å². The number of hydrogen-bond acceptors (Lipinski definition) is 4. The van der Waals surface area contributed by atoms with Crippen LogP contribution < -0.4 is 0 Å². The summed E-state index contributed by atoms with van der Waals surface area (Å²) in [6.45, 7) is 0. The highest BCUT2D eigenvalue weighted by atomic mass is 35.5. The van der Waals surface area contributed by atoms with Gasteiger partial charge >= 0.3 is 5.97 Å². The molecule has 0 aliphatic carbocycles. The van der Waals surface area contributed by atoms with Crippen molar-refractivity contribution in [1.29, 1.82) is 0 Å². The first-order chi connectivity index (χ1) is 5.60. The number of carbonyl (C=O) groups is 3. The van der Waals surface area contributed by atoms with Gasteiger partial charge < -0.3 is 4.74 Å². The van der Waals surface area contributed by atoms with E-state index in [-0.39, 0.29) is 24.5 Å². The predicted octanol–water partition coefficient (Wildman–Crippen LogP) is 0.317. The van der Waals surface area contributed by atoms with Crippen LogP contribution in [0.2, 0.25) is 0 Å². The number of halogens is 1. The average molecular weight is 193 g/mol. The van der Waals surface area contributed by atoms with Gasteiger partial charge in [-0.05, 0) is 0 Å². The van der Waals surface area contributed by atoms with Gasteiger partial charge in [-0.15, -0.1) is 11.6 Å². The third-order valence-corrected chi connectivity index (χ3v) is 1.41. The van der Waals surface area contributed by atoms with Crippen molar-refractivity contribution in [3.8, 4) is 0 Å². The molecule has 0 N–H and O–H groups in total. The van der Waals surface area contributed by atoms with Crippen molar-refractivity contribution in [2.24, 2.45) is 0 Å². The highest BCUT2D eigenvalue weighted by Gasteiger charge is 2.12. The van der Waals surface area contributed by atoms with E-state index in [0.717, 1.165) is 0 Å². The van der Waals surface area contributed by atoms with Gasteiger partial charge in [0.2, 0.25) is 0 Å². The molecule has 0 rings (SSSR count). The molecule has 0 saturated heterocycles. The third kappa shape index (κ3) is 4.85. The van der Waals surface area contributed by atoms with Crippen LogP contribution >= 0.6 is 11.6 Å². The quantitative estimate of drug-likeness (QED) is 0.358. The minimum absolute atomic E-state index is 0.201. The van der Waals surface area contributed by atoms with Crippen LogP contribution in [0.4, 0.5) is 0 Å². The first-order valence-electron chi connectivity index (χ1n) is 3.26. The highest BCUT2D eigenvalue weighted by Crippen LogP contribution is 1.95. The first-order valence-corrected chi connectivity index (χ1v) is 3.79. The summed E-state index contributed by atoms with van der Waals surface area (Å²) < 4.78 is 4.23. The minimum atomic E-state index is -0.637. The Balaban J connectivity index is 3.74. The lowest BCUT2D eigenvalue weighted by Gasteiger charge is -1.96. The molecule has 0 aliphatic rings. The predicted molar refractivity (Wildman–Crippen MR) is 42.0 cm³/mol. The van der Waals surface area contributed by atoms with Gasteiger partial charge in [-0.1, -0.05) is 0 Å². The minimum Gasteiger partial charge on any atom is -0.469 e. The lowest BCUT2D eigenvalue weighted by molar-refractivity contribution is -0.143. The molecule has 0 aliphatic heterocycles. The topological polar surface area (TPSA) is 60.4 Å². The molecule has 0 saturated carbocycles. The number of Topliss-reactive ketones (excluding diaryl/α,β-unsaturated/α-hetero) is 2. The molecule has 0 heterocycles. The second kappa shape index (κ2) is 5.71. The Morgan fingerprint density at radius 1 is 1.17 bits per heavy atom. The van der Waals surface area contributed by atoms with Crippen molar-refractivity contribution in [2.75, 3.05) is 13.0 Å². The summed E-state index contributed by atoms with van der Waals surface area (Å²) in [7, 11) is 1.18. The smallest absolute Gasteiger partial charge is 0.313 e. The Bertz CT molecular complexity index is 180. The number of ether oxygens (including phenoxy) is 1. The van der Waals surface area contributed by atoms with Crippen molar-refractivity contribution < 1.29 is 19.1 Å². The Hall–Kier alpha value is -0.900. The highest BCUT2D eigenvalue weighted by molar-refractivity contribution is 6.29. The number of alkyl halides is 1. The molecule has 5 heteroatoms. The summed E-state index contributed by atoms with van der Waals surface area (Å²) in [5.74, 6) is -1.69. The zero-order valence-electron chi connectivity index (χ0n) is 6.63. The van der Waals surface area contributed by atoms with Crippen LogP contribution in [0.3, 0.4) is 0 Å². The van der Waals surface area contributed by atoms with Crippen molar-refractivity contribution in [3.63, 3.8) is 0 Å². The first kappa shape index (κ1) is 11.1. The maximum Gasteiger partial charge on any atom is 0.313 e. The van der Waals surface area contributed by atoms with Crippen LogP contribution in [0.25, 0.3) is 0 Å². The van der Waals surface area contributed by atoms with E-state index in [2.05, 4.69) is 4.74 Å². The molecule has 12 heavy (non-hydrogen) atoms. The van der Waals surface area contributed by atoms with Gasteiger partial charge in [0.25, 0.3) is 0 Å². The van der Waals surface area contributed by atoms with Crippen LogP contribution in [0.15, 0.2) is 0 Å². The molecule has 0 aromatic heterocycles. The van der Waals surface area contributed by atoms with E-state index >= 15 is 0 Å². The number of esters is 1. The van der Waals surface area contributed by atoms with Gasteiger partial charge in [-0.3, -0.25) is 14.4 Å². The monoisotopic (exact) mass is 192 g/mol. The van der Waals surface area contributed by atoms with Gasteiger partial charge in [0.05, 0.1) is 19.4 Å².